The second-order valence-corrected chi connectivity index (χ2v) is 9.93. The number of aromatic nitrogens is 3. The zero-order valence-corrected chi connectivity index (χ0v) is 18.7. The maximum absolute atomic E-state index is 5.49. The van der Waals surface area contributed by atoms with E-state index in [4.69, 9.17) is 4.74 Å². The van der Waals surface area contributed by atoms with Crippen molar-refractivity contribution in [2.45, 2.75) is 48.8 Å². The van der Waals surface area contributed by atoms with Crippen LogP contribution in [0.25, 0.3) is 0 Å². The Labute approximate surface area is 183 Å². The summed E-state index contributed by atoms with van der Waals surface area (Å²) in [5.74, 6) is 3.50. The predicted molar refractivity (Wildman–Crippen MR) is 120 cm³/mol. The molecule has 0 amide bonds. The van der Waals surface area contributed by atoms with E-state index >= 15 is 0 Å². The molecule has 0 bridgehead atoms. The third-order valence-electron chi connectivity index (χ3n) is 7.02. The summed E-state index contributed by atoms with van der Waals surface area (Å²) < 4.78 is 7.70. The molecule has 3 aliphatic rings. The summed E-state index contributed by atoms with van der Waals surface area (Å²) in [6.07, 6.45) is 4.60. The van der Waals surface area contributed by atoms with Crippen LogP contribution in [-0.4, -0.2) is 64.3 Å². The Bertz CT molecular complexity index is 822. The molecule has 1 aromatic carbocycles. The van der Waals surface area contributed by atoms with Crippen molar-refractivity contribution in [3.63, 3.8) is 0 Å². The topological polar surface area (TPSA) is 55.2 Å². The lowest BCUT2D eigenvalue weighted by atomic mass is 9.95. The molecular weight excluding hydrogens is 394 g/mol. The quantitative estimate of drug-likeness (QED) is 0.541. The second-order valence-electron chi connectivity index (χ2n) is 8.87. The van der Waals surface area contributed by atoms with Crippen LogP contribution in [0.1, 0.15) is 49.0 Å². The third kappa shape index (κ3) is 4.17. The highest BCUT2D eigenvalue weighted by molar-refractivity contribution is 7.99. The molecule has 0 aliphatic carbocycles. The van der Waals surface area contributed by atoms with Crippen LogP contribution in [0.15, 0.2) is 35.5 Å². The lowest BCUT2D eigenvalue weighted by molar-refractivity contribution is 0.0828. The minimum atomic E-state index is 0.494. The molecule has 3 atom stereocenters. The molecule has 0 saturated carbocycles. The Kier molecular flexibility index (Phi) is 6.41. The zero-order chi connectivity index (χ0) is 20.3. The molecule has 3 saturated heterocycles. The second kappa shape index (κ2) is 9.39. The van der Waals surface area contributed by atoms with Crippen LogP contribution in [-0.2, 0) is 11.8 Å². The molecule has 5 rings (SSSR count). The van der Waals surface area contributed by atoms with Crippen molar-refractivity contribution < 1.29 is 4.74 Å². The first kappa shape index (κ1) is 20.5. The Morgan fingerprint density at radius 2 is 1.97 bits per heavy atom. The number of nitrogens with zero attached hydrogens (tertiary/aromatic N) is 4. The van der Waals surface area contributed by atoms with Crippen LogP contribution in [0.2, 0.25) is 0 Å². The molecular formula is C23H33N5OS. The van der Waals surface area contributed by atoms with E-state index in [1.54, 1.807) is 0 Å². The van der Waals surface area contributed by atoms with Crippen LogP contribution in [0, 0.1) is 5.92 Å². The van der Waals surface area contributed by atoms with Crippen LogP contribution in [0.3, 0.4) is 0 Å². The minimum absolute atomic E-state index is 0.494. The maximum atomic E-state index is 5.49. The zero-order valence-electron chi connectivity index (χ0n) is 17.9. The van der Waals surface area contributed by atoms with Gasteiger partial charge in [-0.3, -0.25) is 4.90 Å². The van der Waals surface area contributed by atoms with Crippen molar-refractivity contribution in [1.29, 1.82) is 0 Å². The van der Waals surface area contributed by atoms with Gasteiger partial charge in [-0.25, -0.2) is 0 Å². The fourth-order valence-electron chi connectivity index (χ4n) is 5.49. The number of nitrogens with one attached hydrogen (secondary N) is 1. The van der Waals surface area contributed by atoms with E-state index in [2.05, 4.69) is 62.4 Å². The van der Waals surface area contributed by atoms with E-state index in [-0.39, 0.29) is 0 Å². The molecule has 1 N–H and O–H groups in total. The molecule has 6 nitrogen and oxygen atoms in total. The van der Waals surface area contributed by atoms with E-state index in [1.165, 1.54) is 31.5 Å². The van der Waals surface area contributed by atoms with Gasteiger partial charge in [-0.2, -0.15) is 0 Å². The number of fused-ring (bicyclic) bond motifs is 1. The first-order chi connectivity index (χ1) is 14.8. The Morgan fingerprint density at radius 1 is 1.13 bits per heavy atom. The SMILES string of the molecule is Cn1c(SCCCN2CC3CCNC3C2c2ccccc2)nnc1C1CCOCC1. The summed E-state index contributed by atoms with van der Waals surface area (Å²) in [7, 11) is 2.12. The summed E-state index contributed by atoms with van der Waals surface area (Å²) in [5.41, 5.74) is 1.46. The number of benzene rings is 1. The van der Waals surface area contributed by atoms with Gasteiger partial charge in [0.05, 0.1) is 6.04 Å². The molecule has 3 fully saturated rings. The van der Waals surface area contributed by atoms with Crippen molar-refractivity contribution in [3.05, 3.63) is 41.7 Å². The molecule has 1 aromatic heterocycles. The van der Waals surface area contributed by atoms with Gasteiger partial charge in [0.2, 0.25) is 0 Å². The van der Waals surface area contributed by atoms with Crippen molar-refractivity contribution in [2.24, 2.45) is 13.0 Å². The summed E-state index contributed by atoms with van der Waals surface area (Å²) in [6.45, 7) is 5.22. The van der Waals surface area contributed by atoms with Gasteiger partial charge in [-0.15, -0.1) is 10.2 Å². The van der Waals surface area contributed by atoms with Crippen LogP contribution in [0.5, 0.6) is 0 Å². The third-order valence-corrected chi connectivity index (χ3v) is 8.13. The van der Waals surface area contributed by atoms with E-state index in [9.17, 15) is 0 Å². The van der Waals surface area contributed by atoms with Gasteiger partial charge in [-0.1, -0.05) is 42.1 Å². The normalized spacial score (nSPS) is 27.6. The van der Waals surface area contributed by atoms with Crippen molar-refractivity contribution in [2.75, 3.05) is 38.6 Å². The molecule has 3 unspecified atom stereocenters. The van der Waals surface area contributed by atoms with Gasteiger partial charge < -0.3 is 14.6 Å². The van der Waals surface area contributed by atoms with Crippen molar-refractivity contribution in [3.8, 4) is 0 Å². The number of ether oxygens (including phenoxy) is 1. The van der Waals surface area contributed by atoms with Gasteiger partial charge in [0.15, 0.2) is 5.16 Å². The summed E-state index contributed by atoms with van der Waals surface area (Å²) in [4.78, 5) is 2.71. The minimum Gasteiger partial charge on any atom is -0.381 e. The number of hydrogen-bond acceptors (Lipinski definition) is 6. The first-order valence-electron chi connectivity index (χ1n) is 11.4. The van der Waals surface area contributed by atoms with E-state index in [1.807, 2.05) is 11.8 Å². The molecule has 7 heteroatoms. The highest BCUT2D eigenvalue weighted by atomic mass is 32.2. The Morgan fingerprint density at radius 3 is 2.80 bits per heavy atom. The molecule has 0 spiro atoms. The van der Waals surface area contributed by atoms with Crippen LogP contribution < -0.4 is 5.32 Å². The number of hydrogen-bond donors (Lipinski definition) is 1. The number of thioether (sulfide) groups is 1. The predicted octanol–water partition coefficient (Wildman–Crippen LogP) is 3.23. The highest BCUT2D eigenvalue weighted by Crippen LogP contribution is 2.39. The van der Waals surface area contributed by atoms with Crippen molar-refractivity contribution >= 4 is 11.8 Å². The van der Waals surface area contributed by atoms with E-state index in [0.717, 1.165) is 55.3 Å². The molecule has 4 heterocycles. The lowest BCUT2D eigenvalue weighted by Gasteiger charge is -2.28. The Balaban J connectivity index is 1.16. The van der Waals surface area contributed by atoms with Crippen LogP contribution >= 0.6 is 11.8 Å². The summed E-state index contributed by atoms with van der Waals surface area (Å²) >= 11 is 1.85. The average Bonchev–Trinajstić information content (AvgIpc) is 3.47. The van der Waals surface area contributed by atoms with Gasteiger partial charge >= 0.3 is 0 Å². The largest absolute Gasteiger partial charge is 0.381 e. The van der Waals surface area contributed by atoms with Gasteiger partial charge in [0.25, 0.3) is 0 Å². The van der Waals surface area contributed by atoms with Gasteiger partial charge in [-0.05, 0) is 50.3 Å². The summed E-state index contributed by atoms with van der Waals surface area (Å²) in [6, 6.07) is 12.2. The molecule has 2 aromatic rings. The van der Waals surface area contributed by atoms with Gasteiger partial charge in [0, 0.05) is 44.5 Å². The molecule has 30 heavy (non-hydrogen) atoms. The highest BCUT2D eigenvalue weighted by Gasteiger charge is 2.44. The maximum Gasteiger partial charge on any atom is 0.190 e. The first-order valence-corrected chi connectivity index (χ1v) is 12.4. The number of rotatable bonds is 7. The lowest BCUT2D eigenvalue weighted by Crippen LogP contribution is -2.35. The van der Waals surface area contributed by atoms with E-state index in [0.29, 0.717) is 18.0 Å². The molecule has 162 valence electrons. The van der Waals surface area contributed by atoms with E-state index < -0.39 is 0 Å². The fraction of sp³-hybridized carbons (Fsp3) is 0.652. The average molecular weight is 428 g/mol. The standard InChI is InChI=1S/C23H33N5OS/c1-27-22(18-9-13-29-14-10-18)25-26-23(27)30-15-5-12-28-16-19-8-11-24-20(19)21(28)17-6-3-2-4-7-17/h2-4,6-7,18-21,24H,5,8-16H2,1H3. The number of likely N-dealkylation sites (tertiary alicyclic amines) is 1. The van der Waals surface area contributed by atoms with Crippen molar-refractivity contribution in [1.82, 2.24) is 25.0 Å². The smallest absolute Gasteiger partial charge is 0.190 e. The van der Waals surface area contributed by atoms with Gasteiger partial charge in [0.1, 0.15) is 5.82 Å². The fourth-order valence-corrected chi connectivity index (χ4v) is 6.33. The van der Waals surface area contributed by atoms with Crippen LogP contribution in [0.4, 0.5) is 0 Å². The monoisotopic (exact) mass is 427 g/mol. The molecule has 0 radical (unpaired) electrons. The molecule has 3 aliphatic heterocycles. The summed E-state index contributed by atoms with van der Waals surface area (Å²) in [5, 5.41) is 13.8. The Hall–Kier alpha value is -1.41.